The summed E-state index contributed by atoms with van der Waals surface area (Å²) >= 11 is 3.46. The first-order valence-corrected chi connectivity index (χ1v) is 8.02. The summed E-state index contributed by atoms with van der Waals surface area (Å²) in [4.78, 5) is 9.25. The molecule has 0 spiro atoms. The number of ether oxygens (including phenoxy) is 1. The van der Waals surface area contributed by atoms with Gasteiger partial charge in [0.1, 0.15) is 17.4 Å². The van der Waals surface area contributed by atoms with Crippen molar-refractivity contribution < 1.29 is 4.74 Å². The average molecular weight is 348 g/mol. The van der Waals surface area contributed by atoms with Crippen LogP contribution in [0.2, 0.25) is 0 Å². The van der Waals surface area contributed by atoms with Gasteiger partial charge in [-0.3, -0.25) is 0 Å². The lowest BCUT2D eigenvalue weighted by Crippen LogP contribution is -2.07. The number of nitrogens with one attached hydrogen (secondary N) is 1. The standard InChI is InChI=1S/C16H18BrN3O/c1-3-18-14-10(2)16(20-15(19-14)11-7-8-11)21-13-6-4-5-12(17)9-13/h4-6,9,11H,3,7-8H2,1-2H3,(H,18,19,20). The van der Waals surface area contributed by atoms with Crippen LogP contribution in [0.1, 0.15) is 37.1 Å². The lowest BCUT2D eigenvalue weighted by molar-refractivity contribution is 0.454. The zero-order valence-electron chi connectivity index (χ0n) is 12.2. The van der Waals surface area contributed by atoms with Crippen molar-refractivity contribution in [3.63, 3.8) is 0 Å². The summed E-state index contributed by atoms with van der Waals surface area (Å²) in [6.45, 7) is 4.88. The Labute approximate surface area is 133 Å². The van der Waals surface area contributed by atoms with Crippen LogP contribution in [-0.4, -0.2) is 16.5 Å². The van der Waals surface area contributed by atoms with Crippen LogP contribution in [0.3, 0.4) is 0 Å². The molecule has 1 aromatic heterocycles. The maximum atomic E-state index is 5.97. The highest BCUT2D eigenvalue weighted by molar-refractivity contribution is 9.10. The summed E-state index contributed by atoms with van der Waals surface area (Å²) < 4.78 is 6.96. The quantitative estimate of drug-likeness (QED) is 0.854. The second-order valence-corrected chi connectivity index (χ2v) is 6.14. The number of rotatable bonds is 5. The number of nitrogens with zero attached hydrogens (tertiary/aromatic N) is 2. The van der Waals surface area contributed by atoms with E-state index in [1.165, 1.54) is 12.8 Å². The van der Waals surface area contributed by atoms with Crippen molar-refractivity contribution in [3.05, 3.63) is 40.1 Å². The van der Waals surface area contributed by atoms with Gasteiger partial charge >= 0.3 is 0 Å². The molecule has 0 atom stereocenters. The highest BCUT2D eigenvalue weighted by atomic mass is 79.9. The van der Waals surface area contributed by atoms with Crippen LogP contribution in [0.15, 0.2) is 28.7 Å². The molecule has 4 nitrogen and oxygen atoms in total. The minimum absolute atomic E-state index is 0.493. The molecule has 0 aliphatic heterocycles. The molecule has 1 aliphatic carbocycles. The van der Waals surface area contributed by atoms with Gasteiger partial charge in [0.15, 0.2) is 0 Å². The van der Waals surface area contributed by atoms with Gasteiger partial charge in [-0.25, -0.2) is 4.98 Å². The van der Waals surface area contributed by atoms with Crippen LogP contribution in [0, 0.1) is 6.92 Å². The summed E-state index contributed by atoms with van der Waals surface area (Å²) in [5.74, 6) is 3.67. The Hall–Kier alpha value is -1.62. The van der Waals surface area contributed by atoms with Gasteiger partial charge in [0.2, 0.25) is 5.88 Å². The maximum absolute atomic E-state index is 5.97. The lowest BCUT2D eigenvalue weighted by atomic mass is 10.3. The molecule has 1 saturated carbocycles. The predicted octanol–water partition coefficient (Wildman–Crippen LogP) is 4.65. The topological polar surface area (TPSA) is 47.0 Å². The summed E-state index contributed by atoms with van der Waals surface area (Å²) in [6, 6.07) is 7.78. The zero-order valence-corrected chi connectivity index (χ0v) is 13.8. The van der Waals surface area contributed by atoms with Crippen molar-refractivity contribution in [2.75, 3.05) is 11.9 Å². The van der Waals surface area contributed by atoms with Crippen LogP contribution in [0.25, 0.3) is 0 Å². The van der Waals surface area contributed by atoms with E-state index >= 15 is 0 Å². The Morgan fingerprint density at radius 1 is 1.33 bits per heavy atom. The van der Waals surface area contributed by atoms with Crippen molar-refractivity contribution in [1.29, 1.82) is 0 Å². The van der Waals surface area contributed by atoms with Crippen LogP contribution >= 0.6 is 15.9 Å². The summed E-state index contributed by atoms with van der Waals surface area (Å²) in [5.41, 5.74) is 0.946. The Bertz CT molecular complexity index is 656. The fraction of sp³-hybridized carbons (Fsp3) is 0.375. The predicted molar refractivity (Wildman–Crippen MR) is 87.1 cm³/mol. The number of halogens is 1. The highest BCUT2D eigenvalue weighted by Gasteiger charge is 2.28. The van der Waals surface area contributed by atoms with E-state index in [-0.39, 0.29) is 0 Å². The molecule has 1 N–H and O–H groups in total. The Balaban J connectivity index is 1.95. The van der Waals surface area contributed by atoms with E-state index in [2.05, 4.69) is 38.1 Å². The second kappa shape index (κ2) is 6.02. The van der Waals surface area contributed by atoms with E-state index in [9.17, 15) is 0 Å². The Kier molecular flexibility index (Phi) is 4.10. The number of anilines is 1. The van der Waals surface area contributed by atoms with Gasteiger partial charge in [0, 0.05) is 16.9 Å². The van der Waals surface area contributed by atoms with Gasteiger partial charge < -0.3 is 10.1 Å². The molecule has 0 amide bonds. The number of hydrogen-bond acceptors (Lipinski definition) is 4. The molecule has 2 aromatic rings. The molecule has 1 aromatic carbocycles. The minimum Gasteiger partial charge on any atom is -0.439 e. The molecule has 3 rings (SSSR count). The minimum atomic E-state index is 0.493. The summed E-state index contributed by atoms with van der Waals surface area (Å²) in [5, 5.41) is 3.30. The fourth-order valence-electron chi connectivity index (χ4n) is 2.12. The molecule has 0 unspecified atom stereocenters. The Morgan fingerprint density at radius 3 is 2.81 bits per heavy atom. The largest absolute Gasteiger partial charge is 0.439 e. The molecule has 1 heterocycles. The van der Waals surface area contributed by atoms with E-state index < -0.39 is 0 Å². The molecular formula is C16H18BrN3O. The van der Waals surface area contributed by atoms with Crippen LogP contribution in [0.4, 0.5) is 5.82 Å². The summed E-state index contributed by atoms with van der Waals surface area (Å²) in [7, 11) is 0. The first-order valence-electron chi connectivity index (χ1n) is 7.23. The molecular weight excluding hydrogens is 330 g/mol. The van der Waals surface area contributed by atoms with Crippen LogP contribution in [-0.2, 0) is 0 Å². The van der Waals surface area contributed by atoms with Gasteiger partial charge in [0.25, 0.3) is 0 Å². The van der Waals surface area contributed by atoms with Crippen molar-refractivity contribution in [3.8, 4) is 11.6 Å². The molecule has 0 bridgehead atoms. The molecule has 1 fully saturated rings. The van der Waals surface area contributed by atoms with E-state index in [0.717, 1.165) is 34.0 Å². The van der Waals surface area contributed by atoms with Crippen molar-refractivity contribution in [2.45, 2.75) is 32.6 Å². The van der Waals surface area contributed by atoms with Crippen molar-refractivity contribution in [1.82, 2.24) is 9.97 Å². The molecule has 0 saturated heterocycles. The number of benzene rings is 1. The SMILES string of the molecule is CCNc1nc(C2CC2)nc(Oc2cccc(Br)c2)c1C. The number of aromatic nitrogens is 2. The monoisotopic (exact) mass is 347 g/mol. The maximum Gasteiger partial charge on any atom is 0.227 e. The molecule has 21 heavy (non-hydrogen) atoms. The molecule has 110 valence electrons. The third-order valence-electron chi connectivity index (χ3n) is 3.42. The summed E-state index contributed by atoms with van der Waals surface area (Å²) in [6.07, 6.45) is 2.34. The number of hydrogen-bond donors (Lipinski definition) is 1. The smallest absolute Gasteiger partial charge is 0.227 e. The molecule has 0 radical (unpaired) electrons. The first-order chi connectivity index (χ1) is 10.2. The first kappa shape index (κ1) is 14.3. The normalized spacial score (nSPS) is 14.0. The average Bonchev–Trinajstić information content (AvgIpc) is 3.28. The van der Waals surface area contributed by atoms with Crippen molar-refractivity contribution in [2.24, 2.45) is 0 Å². The van der Waals surface area contributed by atoms with Gasteiger partial charge in [-0.1, -0.05) is 22.0 Å². The van der Waals surface area contributed by atoms with Gasteiger partial charge in [-0.05, 0) is 44.9 Å². The van der Waals surface area contributed by atoms with E-state index in [4.69, 9.17) is 4.74 Å². The Morgan fingerprint density at radius 2 is 2.14 bits per heavy atom. The van der Waals surface area contributed by atoms with Gasteiger partial charge in [0.05, 0.1) is 5.56 Å². The van der Waals surface area contributed by atoms with E-state index in [1.54, 1.807) is 0 Å². The third-order valence-corrected chi connectivity index (χ3v) is 3.91. The fourth-order valence-corrected chi connectivity index (χ4v) is 2.50. The van der Waals surface area contributed by atoms with Gasteiger partial charge in [-0.2, -0.15) is 4.98 Å². The van der Waals surface area contributed by atoms with E-state index in [0.29, 0.717) is 11.8 Å². The van der Waals surface area contributed by atoms with E-state index in [1.807, 2.05) is 31.2 Å². The second-order valence-electron chi connectivity index (χ2n) is 5.22. The van der Waals surface area contributed by atoms with Gasteiger partial charge in [-0.15, -0.1) is 0 Å². The molecule has 1 aliphatic rings. The lowest BCUT2D eigenvalue weighted by Gasteiger charge is -2.13. The van der Waals surface area contributed by atoms with Crippen LogP contribution < -0.4 is 10.1 Å². The van der Waals surface area contributed by atoms with Crippen LogP contribution in [0.5, 0.6) is 11.6 Å². The highest BCUT2D eigenvalue weighted by Crippen LogP contribution is 2.40. The zero-order chi connectivity index (χ0) is 14.8. The molecule has 5 heteroatoms. The third kappa shape index (κ3) is 3.35. The van der Waals surface area contributed by atoms with Crippen molar-refractivity contribution >= 4 is 21.7 Å².